The molecule has 0 aliphatic carbocycles. The molecule has 1 aromatic heterocycles. The van der Waals surface area contributed by atoms with Crippen molar-refractivity contribution in [2.24, 2.45) is 5.10 Å². The third-order valence-corrected chi connectivity index (χ3v) is 3.72. The van der Waals surface area contributed by atoms with Gasteiger partial charge in [0.25, 0.3) is 5.91 Å². The lowest BCUT2D eigenvalue weighted by atomic mass is 10.2. The summed E-state index contributed by atoms with van der Waals surface area (Å²) in [7, 11) is 1.58. The zero-order valence-electron chi connectivity index (χ0n) is 14.4. The topological polar surface area (TPSA) is 112 Å². The van der Waals surface area contributed by atoms with Gasteiger partial charge >= 0.3 is 5.69 Å². The highest BCUT2D eigenvalue weighted by Crippen LogP contribution is 2.24. The number of hydrogen-bond donors (Lipinski definition) is 1. The lowest BCUT2D eigenvalue weighted by Gasteiger charge is -2.11. The maximum atomic E-state index is 12.2. The summed E-state index contributed by atoms with van der Waals surface area (Å²) in [6, 6.07) is 6.41. The number of carbonyl (C=O) groups is 1. The van der Waals surface area contributed by atoms with Crippen LogP contribution in [0.3, 0.4) is 0 Å². The maximum Gasteiger partial charge on any atom is 0.312 e. The standard InChI is InChI=1S/C16H19N5O4/c1-10-15(21(23)24)11(2)20(19-10)12(3)16(22)18-17-9-13-5-7-14(25-4)8-6-13/h5-9,12H,1-4H3,(H,18,22)/b17-9+. The Morgan fingerprint density at radius 2 is 2.04 bits per heavy atom. The Morgan fingerprint density at radius 3 is 2.56 bits per heavy atom. The van der Waals surface area contributed by atoms with Crippen LogP contribution in [0.1, 0.15) is 29.9 Å². The van der Waals surface area contributed by atoms with Crippen LogP contribution >= 0.6 is 0 Å². The van der Waals surface area contributed by atoms with Crippen LogP contribution in [0.25, 0.3) is 0 Å². The molecular weight excluding hydrogens is 326 g/mol. The Balaban J connectivity index is 2.06. The summed E-state index contributed by atoms with van der Waals surface area (Å²) < 4.78 is 6.39. The minimum atomic E-state index is -0.736. The van der Waals surface area contributed by atoms with Gasteiger partial charge in [-0.05, 0) is 50.6 Å². The van der Waals surface area contributed by atoms with Crippen LogP contribution in [0.15, 0.2) is 29.4 Å². The molecule has 9 heteroatoms. The molecule has 0 radical (unpaired) electrons. The molecule has 1 unspecified atom stereocenters. The van der Waals surface area contributed by atoms with Gasteiger partial charge in [0.2, 0.25) is 0 Å². The molecule has 9 nitrogen and oxygen atoms in total. The molecular formula is C16H19N5O4. The summed E-state index contributed by atoms with van der Waals surface area (Å²) in [4.78, 5) is 22.7. The fourth-order valence-electron chi connectivity index (χ4n) is 2.36. The highest BCUT2D eigenvalue weighted by molar-refractivity contribution is 5.84. The van der Waals surface area contributed by atoms with E-state index in [-0.39, 0.29) is 11.4 Å². The number of rotatable bonds is 6. The molecule has 0 aliphatic heterocycles. The molecule has 25 heavy (non-hydrogen) atoms. The molecule has 0 fully saturated rings. The zero-order valence-corrected chi connectivity index (χ0v) is 14.4. The smallest absolute Gasteiger partial charge is 0.312 e. The fraction of sp³-hybridized carbons (Fsp3) is 0.312. The van der Waals surface area contributed by atoms with Crippen molar-refractivity contribution in [2.75, 3.05) is 7.11 Å². The van der Waals surface area contributed by atoms with E-state index in [1.807, 2.05) is 0 Å². The van der Waals surface area contributed by atoms with Gasteiger partial charge in [0, 0.05) is 0 Å². The van der Waals surface area contributed by atoms with Crippen LogP contribution in [0.2, 0.25) is 0 Å². The molecule has 1 heterocycles. The Hall–Kier alpha value is -3.23. The summed E-state index contributed by atoms with van der Waals surface area (Å²) in [6.45, 7) is 4.69. The zero-order chi connectivity index (χ0) is 18.6. The predicted molar refractivity (Wildman–Crippen MR) is 91.8 cm³/mol. The second-order valence-electron chi connectivity index (χ2n) is 5.40. The first kappa shape index (κ1) is 18.1. The molecule has 132 valence electrons. The van der Waals surface area contributed by atoms with Crippen molar-refractivity contribution in [1.29, 1.82) is 0 Å². The van der Waals surface area contributed by atoms with Gasteiger partial charge in [-0.2, -0.15) is 10.2 Å². The molecule has 1 atom stereocenters. The third kappa shape index (κ3) is 4.00. The second kappa shape index (κ2) is 7.56. The van der Waals surface area contributed by atoms with Crippen LogP contribution in [0.4, 0.5) is 5.69 Å². The first-order chi connectivity index (χ1) is 11.8. The molecule has 0 bridgehead atoms. The normalized spacial score (nSPS) is 12.2. The van der Waals surface area contributed by atoms with Gasteiger partial charge in [0.05, 0.1) is 18.2 Å². The Bertz CT molecular complexity index is 811. The number of carbonyl (C=O) groups excluding carboxylic acids is 1. The molecule has 1 aromatic carbocycles. The lowest BCUT2D eigenvalue weighted by molar-refractivity contribution is -0.386. The van der Waals surface area contributed by atoms with Crippen molar-refractivity contribution in [2.45, 2.75) is 26.8 Å². The summed E-state index contributed by atoms with van der Waals surface area (Å²) in [6.07, 6.45) is 1.49. The molecule has 0 saturated heterocycles. The highest BCUT2D eigenvalue weighted by Gasteiger charge is 2.26. The average molecular weight is 345 g/mol. The second-order valence-corrected chi connectivity index (χ2v) is 5.40. The number of aryl methyl sites for hydroxylation is 1. The molecule has 2 aromatic rings. The van der Waals surface area contributed by atoms with Crippen LogP contribution in [0, 0.1) is 24.0 Å². The number of ether oxygens (including phenoxy) is 1. The van der Waals surface area contributed by atoms with E-state index in [9.17, 15) is 14.9 Å². The van der Waals surface area contributed by atoms with Crippen molar-refractivity contribution in [3.05, 3.63) is 51.3 Å². The van der Waals surface area contributed by atoms with Crippen LogP contribution in [0.5, 0.6) is 5.75 Å². The molecule has 2 rings (SSSR count). The van der Waals surface area contributed by atoms with Gasteiger partial charge in [-0.25, -0.2) is 5.43 Å². The minimum absolute atomic E-state index is 0.0821. The summed E-state index contributed by atoms with van der Waals surface area (Å²) in [5, 5.41) is 19.0. The lowest BCUT2D eigenvalue weighted by Crippen LogP contribution is -2.28. The SMILES string of the molecule is COc1ccc(/C=N/NC(=O)C(C)n2nc(C)c([N+](=O)[O-])c2C)cc1. The van der Waals surface area contributed by atoms with Crippen LogP contribution < -0.4 is 10.2 Å². The van der Waals surface area contributed by atoms with Gasteiger partial charge in [0.1, 0.15) is 23.2 Å². The number of hydrazone groups is 1. The monoisotopic (exact) mass is 345 g/mol. The quantitative estimate of drug-likeness (QED) is 0.490. The molecule has 1 N–H and O–H groups in total. The fourth-order valence-corrected chi connectivity index (χ4v) is 2.36. The number of amides is 1. The van der Waals surface area contributed by atoms with E-state index in [4.69, 9.17) is 4.74 Å². The van der Waals surface area contributed by atoms with Gasteiger partial charge in [-0.15, -0.1) is 0 Å². The third-order valence-electron chi connectivity index (χ3n) is 3.72. The number of benzene rings is 1. The summed E-state index contributed by atoms with van der Waals surface area (Å²) in [5.74, 6) is 0.297. The Morgan fingerprint density at radius 1 is 1.40 bits per heavy atom. The van der Waals surface area contributed by atoms with Crippen molar-refractivity contribution >= 4 is 17.8 Å². The van der Waals surface area contributed by atoms with E-state index in [2.05, 4.69) is 15.6 Å². The Labute approximate surface area is 144 Å². The number of aromatic nitrogens is 2. The van der Waals surface area contributed by atoms with Gasteiger partial charge in [0.15, 0.2) is 0 Å². The van der Waals surface area contributed by atoms with E-state index >= 15 is 0 Å². The summed E-state index contributed by atoms with van der Waals surface area (Å²) >= 11 is 0. The molecule has 0 saturated carbocycles. The van der Waals surface area contributed by atoms with E-state index in [0.29, 0.717) is 5.69 Å². The van der Waals surface area contributed by atoms with Gasteiger partial charge < -0.3 is 4.74 Å². The van der Waals surface area contributed by atoms with Crippen molar-refractivity contribution in [1.82, 2.24) is 15.2 Å². The van der Waals surface area contributed by atoms with E-state index in [0.717, 1.165) is 11.3 Å². The highest BCUT2D eigenvalue weighted by atomic mass is 16.6. The number of nitrogens with zero attached hydrogens (tertiary/aromatic N) is 4. The summed E-state index contributed by atoms with van der Waals surface area (Å²) in [5.41, 5.74) is 3.71. The largest absolute Gasteiger partial charge is 0.497 e. The van der Waals surface area contributed by atoms with E-state index < -0.39 is 16.9 Å². The minimum Gasteiger partial charge on any atom is -0.497 e. The van der Waals surface area contributed by atoms with Gasteiger partial charge in [-0.1, -0.05) is 0 Å². The molecule has 1 amide bonds. The maximum absolute atomic E-state index is 12.2. The van der Waals surface area contributed by atoms with Crippen LogP contribution in [-0.2, 0) is 4.79 Å². The van der Waals surface area contributed by atoms with Crippen molar-refractivity contribution < 1.29 is 14.5 Å². The van der Waals surface area contributed by atoms with Crippen LogP contribution in [-0.4, -0.2) is 33.9 Å². The van der Waals surface area contributed by atoms with Crippen molar-refractivity contribution in [3.63, 3.8) is 0 Å². The average Bonchev–Trinajstić information content (AvgIpc) is 2.89. The Kier molecular flexibility index (Phi) is 5.48. The number of nitro groups is 1. The molecule has 0 aliphatic rings. The van der Waals surface area contributed by atoms with Crippen molar-refractivity contribution in [3.8, 4) is 5.75 Å². The predicted octanol–water partition coefficient (Wildman–Crippen LogP) is 2.13. The number of nitrogens with one attached hydrogen (secondary N) is 1. The molecule has 0 spiro atoms. The van der Waals surface area contributed by atoms with E-state index in [1.165, 1.54) is 17.8 Å². The first-order valence-electron chi connectivity index (χ1n) is 7.52. The first-order valence-corrected chi connectivity index (χ1v) is 7.52. The van der Waals surface area contributed by atoms with Gasteiger partial charge in [-0.3, -0.25) is 19.6 Å². The number of hydrogen-bond acceptors (Lipinski definition) is 6. The number of methoxy groups -OCH3 is 1. The van der Waals surface area contributed by atoms with E-state index in [1.54, 1.807) is 45.2 Å².